The smallest absolute Gasteiger partial charge is 0.224 e. The monoisotopic (exact) mass is 437 g/mol. The van der Waals surface area contributed by atoms with Gasteiger partial charge in [0.2, 0.25) is 5.91 Å². The van der Waals surface area contributed by atoms with Gasteiger partial charge in [-0.2, -0.15) is 0 Å². The molecule has 2 heterocycles. The number of fused-ring (bicyclic) bond motifs is 2. The molecule has 2 aromatic rings. The number of likely N-dealkylation sites (N-methyl/N-ethyl adjacent to an activating group) is 1. The summed E-state index contributed by atoms with van der Waals surface area (Å²) in [5, 5.41) is 13.3. The van der Waals surface area contributed by atoms with Crippen molar-refractivity contribution in [3.05, 3.63) is 33.9 Å². The van der Waals surface area contributed by atoms with Crippen molar-refractivity contribution in [2.45, 2.75) is 43.9 Å². The zero-order valence-corrected chi connectivity index (χ0v) is 17.1. The molecule has 0 bridgehead atoms. The van der Waals surface area contributed by atoms with Gasteiger partial charge >= 0.3 is 0 Å². The molecule has 4 rings (SSSR count). The van der Waals surface area contributed by atoms with Gasteiger partial charge in [0.25, 0.3) is 0 Å². The van der Waals surface area contributed by atoms with Crippen LogP contribution in [0.25, 0.3) is 10.9 Å². The molecule has 1 aromatic heterocycles. The normalized spacial score (nSPS) is 27.2. The Morgan fingerprint density at radius 1 is 1.52 bits per heavy atom. The predicted octanol–water partition coefficient (Wildman–Crippen LogP) is 2.73. The van der Waals surface area contributed by atoms with E-state index in [4.69, 9.17) is 0 Å². The lowest BCUT2D eigenvalue weighted by Crippen LogP contribution is -2.53. The van der Waals surface area contributed by atoms with Crippen LogP contribution in [0.3, 0.4) is 0 Å². The quantitative estimate of drug-likeness (QED) is 0.688. The van der Waals surface area contributed by atoms with E-state index in [1.54, 1.807) is 0 Å². The maximum Gasteiger partial charge on any atom is 0.224 e. The number of benzene rings is 1. The van der Waals surface area contributed by atoms with Gasteiger partial charge in [0.05, 0.1) is 23.2 Å². The number of amides is 1. The summed E-state index contributed by atoms with van der Waals surface area (Å²) in [4.78, 5) is 18.4. The van der Waals surface area contributed by atoms with E-state index in [1.807, 2.05) is 0 Å². The number of hydrogen-bond acceptors (Lipinski definition) is 3. The number of carbonyl (C=O) groups excluding carboxylic acids is 1. The molecule has 0 spiro atoms. The average Bonchev–Trinajstić information content (AvgIpc) is 2.96. The Kier molecular flexibility index (Phi) is 5.03. The molecule has 1 saturated heterocycles. The first kappa shape index (κ1) is 18.9. The maximum atomic E-state index is 13.6. The second-order valence-corrected chi connectivity index (χ2v) is 8.71. The van der Waals surface area contributed by atoms with Crippen molar-refractivity contribution >= 4 is 32.7 Å². The minimum Gasteiger partial charge on any atom is -0.394 e. The van der Waals surface area contributed by atoms with Crippen LogP contribution in [0.2, 0.25) is 0 Å². The minimum atomic E-state index is -1.28. The summed E-state index contributed by atoms with van der Waals surface area (Å²) >= 11 is 3.66. The summed E-state index contributed by atoms with van der Waals surface area (Å²) < 4.78 is 14.6. The number of hydrogen-bond donors (Lipinski definition) is 3. The lowest BCUT2D eigenvalue weighted by atomic mass is 9.72. The lowest BCUT2D eigenvalue weighted by Gasteiger charge is -2.45. The average molecular weight is 438 g/mol. The van der Waals surface area contributed by atoms with Crippen LogP contribution >= 0.6 is 15.9 Å². The third-order valence-corrected chi connectivity index (χ3v) is 6.92. The van der Waals surface area contributed by atoms with Crippen molar-refractivity contribution in [3.63, 3.8) is 0 Å². The third kappa shape index (κ3) is 3.19. The number of piperidine rings is 1. The number of rotatable bonds is 4. The number of aromatic nitrogens is 1. The number of likely N-dealkylation sites (tertiary alicyclic amines) is 1. The summed E-state index contributed by atoms with van der Waals surface area (Å²) in [5.74, 6) is -0.130. The van der Waals surface area contributed by atoms with Gasteiger partial charge in [-0.3, -0.25) is 4.79 Å². The molecule has 1 aromatic carbocycles. The molecule has 1 amide bonds. The Hall–Kier alpha value is -1.44. The van der Waals surface area contributed by atoms with Crippen LogP contribution in [-0.2, 0) is 11.2 Å². The van der Waals surface area contributed by atoms with E-state index in [-0.39, 0.29) is 17.7 Å². The Balaban J connectivity index is 1.63. The molecule has 7 heteroatoms. The number of halogens is 2. The van der Waals surface area contributed by atoms with Crippen LogP contribution in [0.1, 0.15) is 30.4 Å². The van der Waals surface area contributed by atoms with Crippen LogP contribution < -0.4 is 5.32 Å². The van der Waals surface area contributed by atoms with Crippen LogP contribution in [0, 0.1) is 5.92 Å². The van der Waals surface area contributed by atoms with Gasteiger partial charge in [0.1, 0.15) is 6.17 Å². The Morgan fingerprint density at radius 2 is 2.30 bits per heavy atom. The van der Waals surface area contributed by atoms with E-state index < -0.39 is 18.8 Å². The summed E-state index contributed by atoms with van der Waals surface area (Å²) in [6, 6.07) is 5.80. The van der Waals surface area contributed by atoms with Gasteiger partial charge in [-0.05, 0) is 59.9 Å². The van der Waals surface area contributed by atoms with Crippen LogP contribution in [0.15, 0.2) is 22.8 Å². The van der Waals surface area contributed by atoms with Crippen molar-refractivity contribution in [1.82, 2.24) is 15.2 Å². The molecule has 0 saturated carbocycles. The fourth-order valence-corrected chi connectivity index (χ4v) is 5.35. The first-order chi connectivity index (χ1) is 12.9. The molecule has 1 fully saturated rings. The summed E-state index contributed by atoms with van der Waals surface area (Å²) in [5.41, 5.74) is 3.71. The zero-order valence-electron chi connectivity index (χ0n) is 15.5. The molecule has 146 valence electrons. The van der Waals surface area contributed by atoms with E-state index >= 15 is 0 Å². The van der Waals surface area contributed by atoms with Crippen LogP contribution in [0.5, 0.6) is 0 Å². The minimum absolute atomic E-state index is 0.169. The summed E-state index contributed by atoms with van der Waals surface area (Å²) in [6.07, 6.45) is 0.394. The molecular formula is C20H25BrFN3O2. The van der Waals surface area contributed by atoms with Gasteiger partial charge in [0, 0.05) is 29.4 Å². The highest BCUT2D eigenvalue weighted by Crippen LogP contribution is 2.46. The molecule has 5 atom stereocenters. The molecule has 27 heavy (non-hydrogen) atoms. The molecule has 5 unspecified atom stereocenters. The van der Waals surface area contributed by atoms with Crippen LogP contribution in [-0.4, -0.2) is 59.4 Å². The van der Waals surface area contributed by atoms with Gasteiger partial charge in [0.15, 0.2) is 0 Å². The third-order valence-electron chi connectivity index (χ3n) is 6.25. The van der Waals surface area contributed by atoms with E-state index in [2.05, 4.69) is 56.4 Å². The number of aliphatic hydroxyl groups excluding tert-OH is 1. The standard InChI is InChI=1S/C20H25BrFN3O2/c1-10(22)16(9-26)24-20(27)11-6-13-12-4-3-5-15-18(12)14(19(21)23-15)7-17(13)25(2)8-11/h3-5,10-11,13,16-17,23,26H,6-9H2,1-2H3,(H,24,27). The van der Waals surface area contributed by atoms with Gasteiger partial charge in [-0.25, -0.2) is 4.39 Å². The molecule has 5 nitrogen and oxygen atoms in total. The largest absolute Gasteiger partial charge is 0.394 e. The maximum absolute atomic E-state index is 13.6. The number of alkyl halides is 1. The predicted molar refractivity (Wildman–Crippen MR) is 107 cm³/mol. The Morgan fingerprint density at radius 3 is 3.00 bits per heavy atom. The topological polar surface area (TPSA) is 68.4 Å². The highest BCUT2D eigenvalue weighted by molar-refractivity contribution is 9.10. The SMILES string of the molecule is CC(F)C(CO)NC(=O)C1CC2c3cccc4[nH]c(Br)c(c34)CC2N(C)C1. The number of nitrogens with one attached hydrogen (secondary N) is 2. The lowest BCUT2D eigenvalue weighted by molar-refractivity contribution is -0.129. The number of nitrogens with zero attached hydrogens (tertiary/aromatic N) is 1. The highest BCUT2D eigenvalue weighted by Gasteiger charge is 2.42. The second kappa shape index (κ2) is 7.18. The first-order valence-corrected chi connectivity index (χ1v) is 10.2. The molecule has 2 aliphatic rings. The van der Waals surface area contributed by atoms with Gasteiger partial charge < -0.3 is 20.3 Å². The van der Waals surface area contributed by atoms with Crippen molar-refractivity contribution in [1.29, 1.82) is 0 Å². The van der Waals surface area contributed by atoms with E-state index in [0.29, 0.717) is 12.6 Å². The summed E-state index contributed by atoms with van der Waals surface area (Å²) in [6.45, 7) is 1.61. The molecule has 0 radical (unpaired) electrons. The van der Waals surface area contributed by atoms with Crippen molar-refractivity contribution < 1.29 is 14.3 Å². The van der Waals surface area contributed by atoms with Crippen molar-refractivity contribution in [2.75, 3.05) is 20.2 Å². The number of H-pyrrole nitrogens is 1. The fraction of sp³-hybridized carbons (Fsp3) is 0.550. The zero-order chi connectivity index (χ0) is 19.3. The first-order valence-electron chi connectivity index (χ1n) is 9.45. The Labute approximate surface area is 166 Å². The summed E-state index contributed by atoms with van der Waals surface area (Å²) in [7, 11) is 2.06. The molecule has 1 aliphatic carbocycles. The second-order valence-electron chi connectivity index (χ2n) is 7.91. The van der Waals surface area contributed by atoms with Crippen molar-refractivity contribution in [2.24, 2.45) is 5.92 Å². The van der Waals surface area contributed by atoms with E-state index in [1.165, 1.54) is 23.4 Å². The van der Waals surface area contributed by atoms with Crippen molar-refractivity contribution in [3.8, 4) is 0 Å². The number of carbonyl (C=O) groups is 1. The highest BCUT2D eigenvalue weighted by atomic mass is 79.9. The molecule has 1 aliphatic heterocycles. The fourth-order valence-electron chi connectivity index (χ4n) is 4.78. The van der Waals surface area contributed by atoms with Gasteiger partial charge in [-0.15, -0.1) is 0 Å². The van der Waals surface area contributed by atoms with E-state index in [0.717, 1.165) is 23.0 Å². The van der Waals surface area contributed by atoms with Gasteiger partial charge in [-0.1, -0.05) is 12.1 Å². The molecule has 3 N–H and O–H groups in total. The van der Waals surface area contributed by atoms with Crippen LogP contribution in [0.4, 0.5) is 4.39 Å². The Bertz CT molecular complexity index is 868. The number of aromatic amines is 1. The van der Waals surface area contributed by atoms with E-state index in [9.17, 15) is 14.3 Å². The number of aliphatic hydroxyl groups is 1. The molecular weight excluding hydrogens is 413 g/mol.